The summed E-state index contributed by atoms with van der Waals surface area (Å²) in [5.41, 5.74) is 8.77. The molecule has 0 amide bonds. The van der Waals surface area contributed by atoms with Crippen LogP contribution in [-0.2, 0) is 10.3 Å². The molecular formula is C24H16FN5O3. The Labute approximate surface area is 187 Å². The fraction of sp³-hybridized carbons (Fsp3) is 0.0833. The summed E-state index contributed by atoms with van der Waals surface area (Å²) in [5, 5.41) is 10.3. The number of aromatic hydroxyl groups is 1. The van der Waals surface area contributed by atoms with Crippen molar-refractivity contribution in [1.29, 1.82) is 0 Å². The average molecular weight is 441 g/mol. The van der Waals surface area contributed by atoms with E-state index in [9.17, 15) is 9.50 Å². The highest BCUT2D eigenvalue weighted by molar-refractivity contribution is 5.79. The SMILES string of the molecule is NC1=N[C@@]2(CO1)c1cc(-c3cccnc3O)ccc1Oc1cnc(-c3ccnc(F)c3)cc12. The summed E-state index contributed by atoms with van der Waals surface area (Å²) < 4.78 is 25.5. The van der Waals surface area contributed by atoms with E-state index in [1.165, 1.54) is 18.5 Å². The molecule has 1 spiro atoms. The van der Waals surface area contributed by atoms with Crippen LogP contribution in [0.2, 0.25) is 0 Å². The molecule has 4 aromatic rings. The van der Waals surface area contributed by atoms with E-state index in [4.69, 9.17) is 15.2 Å². The monoisotopic (exact) mass is 441 g/mol. The molecule has 2 aliphatic heterocycles. The zero-order valence-corrected chi connectivity index (χ0v) is 17.1. The molecule has 0 unspecified atom stereocenters. The Morgan fingerprint density at radius 1 is 0.939 bits per heavy atom. The molecule has 0 saturated heterocycles. The van der Waals surface area contributed by atoms with Crippen LogP contribution in [0.25, 0.3) is 22.4 Å². The smallest absolute Gasteiger partial charge is 0.283 e. The van der Waals surface area contributed by atoms with Gasteiger partial charge in [0.25, 0.3) is 6.02 Å². The van der Waals surface area contributed by atoms with Gasteiger partial charge in [0, 0.05) is 40.7 Å². The van der Waals surface area contributed by atoms with Gasteiger partial charge in [0.05, 0.1) is 11.9 Å². The third kappa shape index (κ3) is 2.97. The molecule has 1 aromatic carbocycles. The number of hydrogen-bond donors (Lipinski definition) is 2. The summed E-state index contributed by atoms with van der Waals surface area (Å²) in [5.74, 6) is 0.386. The van der Waals surface area contributed by atoms with Crippen molar-refractivity contribution in [2.75, 3.05) is 6.61 Å². The number of fused-ring (bicyclic) bond motifs is 4. The number of amidine groups is 1. The van der Waals surface area contributed by atoms with E-state index < -0.39 is 11.5 Å². The molecule has 0 radical (unpaired) electrons. The summed E-state index contributed by atoms with van der Waals surface area (Å²) >= 11 is 0. The highest BCUT2D eigenvalue weighted by Crippen LogP contribution is 2.52. The first kappa shape index (κ1) is 19.2. The molecule has 6 rings (SSSR count). The van der Waals surface area contributed by atoms with E-state index in [1.807, 2.05) is 12.1 Å². The molecule has 3 aromatic heterocycles. The molecule has 0 saturated carbocycles. The van der Waals surface area contributed by atoms with E-state index in [0.717, 1.165) is 5.56 Å². The molecule has 9 heteroatoms. The van der Waals surface area contributed by atoms with Crippen molar-refractivity contribution in [2.24, 2.45) is 10.7 Å². The molecule has 2 aliphatic rings. The molecule has 5 heterocycles. The van der Waals surface area contributed by atoms with Gasteiger partial charge < -0.3 is 20.3 Å². The predicted molar refractivity (Wildman–Crippen MR) is 117 cm³/mol. The largest absolute Gasteiger partial charge is 0.493 e. The minimum atomic E-state index is -0.996. The fourth-order valence-corrected chi connectivity index (χ4v) is 4.27. The van der Waals surface area contributed by atoms with Gasteiger partial charge in [-0.1, -0.05) is 6.07 Å². The number of aliphatic imine (C=N–C) groups is 1. The number of nitrogens with two attached hydrogens (primary N) is 1. The highest BCUT2D eigenvalue weighted by atomic mass is 19.1. The molecule has 0 fully saturated rings. The lowest BCUT2D eigenvalue weighted by Crippen LogP contribution is -2.31. The van der Waals surface area contributed by atoms with E-state index in [0.29, 0.717) is 39.4 Å². The number of hydrogen-bond acceptors (Lipinski definition) is 8. The third-order valence-corrected chi connectivity index (χ3v) is 5.81. The average Bonchev–Trinajstić information content (AvgIpc) is 3.21. The minimum Gasteiger partial charge on any atom is -0.493 e. The second-order valence-corrected chi connectivity index (χ2v) is 7.72. The predicted octanol–water partition coefficient (Wildman–Crippen LogP) is 3.74. The molecule has 1 atom stereocenters. The van der Waals surface area contributed by atoms with Crippen molar-refractivity contribution in [3.05, 3.63) is 84.2 Å². The molecular weight excluding hydrogens is 425 g/mol. The fourth-order valence-electron chi connectivity index (χ4n) is 4.27. The Bertz CT molecular complexity index is 1460. The van der Waals surface area contributed by atoms with Crippen LogP contribution in [-0.4, -0.2) is 32.7 Å². The highest BCUT2D eigenvalue weighted by Gasteiger charge is 2.47. The van der Waals surface area contributed by atoms with Crippen LogP contribution in [0.4, 0.5) is 4.39 Å². The summed E-state index contributed by atoms with van der Waals surface area (Å²) in [4.78, 5) is 16.7. The maximum atomic E-state index is 13.7. The summed E-state index contributed by atoms with van der Waals surface area (Å²) in [7, 11) is 0. The normalized spacial score (nSPS) is 18.2. The molecule has 162 valence electrons. The first-order valence-electron chi connectivity index (χ1n) is 10.1. The van der Waals surface area contributed by atoms with Gasteiger partial charge >= 0.3 is 0 Å². The van der Waals surface area contributed by atoms with Gasteiger partial charge in [-0.2, -0.15) is 4.39 Å². The molecule has 8 nitrogen and oxygen atoms in total. The summed E-state index contributed by atoms with van der Waals surface area (Å²) in [6, 6.07) is 13.9. The van der Waals surface area contributed by atoms with Gasteiger partial charge in [-0.15, -0.1) is 0 Å². The Morgan fingerprint density at radius 3 is 2.61 bits per heavy atom. The Hall–Kier alpha value is -4.53. The number of aromatic nitrogens is 3. The van der Waals surface area contributed by atoms with E-state index in [2.05, 4.69) is 19.9 Å². The van der Waals surface area contributed by atoms with Crippen LogP contribution in [0.1, 0.15) is 11.1 Å². The van der Waals surface area contributed by atoms with Crippen molar-refractivity contribution in [3.63, 3.8) is 0 Å². The Morgan fingerprint density at radius 2 is 1.82 bits per heavy atom. The van der Waals surface area contributed by atoms with Crippen LogP contribution in [0.15, 0.2) is 72.1 Å². The van der Waals surface area contributed by atoms with Gasteiger partial charge in [-0.05, 0) is 42.0 Å². The van der Waals surface area contributed by atoms with Crippen LogP contribution < -0.4 is 10.5 Å². The van der Waals surface area contributed by atoms with Crippen molar-refractivity contribution in [1.82, 2.24) is 15.0 Å². The second-order valence-electron chi connectivity index (χ2n) is 7.72. The van der Waals surface area contributed by atoms with E-state index in [-0.39, 0.29) is 18.5 Å². The Balaban J connectivity index is 1.56. The minimum absolute atomic E-state index is 0.0525. The van der Waals surface area contributed by atoms with Crippen molar-refractivity contribution >= 4 is 6.02 Å². The first-order valence-corrected chi connectivity index (χ1v) is 10.1. The summed E-state index contributed by atoms with van der Waals surface area (Å²) in [6.45, 7) is 0.152. The number of halogens is 1. The van der Waals surface area contributed by atoms with Crippen molar-refractivity contribution in [2.45, 2.75) is 5.54 Å². The van der Waals surface area contributed by atoms with Crippen LogP contribution >= 0.6 is 0 Å². The van der Waals surface area contributed by atoms with E-state index >= 15 is 0 Å². The van der Waals surface area contributed by atoms with E-state index in [1.54, 1.807) is 36.5 Å². The lowest BCUT2D eigenvalue weighted by atomic mass is 9.80. The van der Waals surface area contributed by atoms with Gasteiger partial charge in [-0.3, -0.25) is 4.98 Å². The van der Waals surface area contributed by atoms with Crippen molar-refractivity contribution < 1.29 is 19.0 Å². The van der Waals surface area contributed by atoms with Crippen LogP contribution in [0.3, 0.4) is 0 Å². The first-order chi connectivity index (χ1) is 16.0. The van der Waals surface area contributed by atoms with Crippen molar-refractivity contribution in [3.8, 4) is 39.8 Å². The summed E-state index contributed by atoms with van der Waals surface area (Å²) in [6.07, 6.45) is 4.48. The topological polar surface area (TPSA) is 116 Å². The lowest BCUT2D eigenvalue weighted by molar-refractivity contribution is 0.264. The van der Waals surface area contributed by atoms with Gasteiger partial charge in [-0.25, -0.2) is 15.0 Å². The standard InChI is InChI=1S/C24H16FN5O3/c25-21-9-14(5-7-27-21)18-10-17-20(11-29-18)33-19-4-3-13(15-2-1-6-28-22(15)31)8-16(19)24(17)12-32-23(26)30-24/h1-11H,12H2,(H2,26,30)(H,28,31)/t24-/m0/s1. The number of ether oxygens (including phenoxy) is 2. The third-order valence-electron chi connectivity index (χ3n) is 5.81. The second kappa shape index (κ2) is 6.99. The number of benzene rings is 1. The maximum Gasteiger partial charge on any atom is 0.283 e. The zero-order chi connectivity index (χ0) is 22.6. The molecule has 0 aliphatic carbocycles. The van der Waals surface area contributed by atoms with Crippen LogP contribution in [0, 0.1) is 5.95 Å². The van der Waals surface area contributed by atoms with Crippen LogP contribution in [0.5, 0.6) is 17.4 Å². The lowest BCUT2D eigenvalue weighted by Gasteiger charge is -2.33. The quantitative estimate of drug-likeness (QED) is 0.455. The van der Waals surface area contributed by atoms with Gasteiger partial charge in [0.1, 0.15) is 12.4 Å². The zero-order valence-electron chi connectivity index (χ0n) is 17.1. The molecule has 33 heavy (non-hydrogen) atoms. The number of nitrogens with zero attached hydrogens (tertiary/aromatic N) is 4. The maximum absolute atomic E-state index is 13.7. The number of pyridine rings is 3. The molecule has 0 bridgehead atoms. The Kier molecular flexibility index (Phi) is 4.06. The number of rotatable bonds is 2. The van der Waals surface area contributed by atoms with Gasteiger partial charge in [0.15, 0.2) is 11.3 Å². The molecule has 3 N–H and O–H groups in total. The van der Waals surface area contributed by atoms with Gasteiger partial charge in [0.2, 0.25) is 11.8 Å².